The van der Waals surface area contributed by atoms with Crippen LogP contribution >= 0.6 is 11.3 Å². The van der Waals surface area contributed by atoms with E-state index in [0.717, 1.165) is 30.5 Å². The minimum atomic E-state index is -0.290. The van der Waals surface area contributed by atoms with Gasteiger partial charge in [0.05, 0.1) is 12.1 Å². The first-order chi connectivity index (χ1) is 18.3. The quantitative estimate of drug-likeness (QED) is 0.383. The van der Waals surface area contributed by atoms with E-state index in [-0.39, 0.29) is 36.7 Å². The second-order valence-electron chi connectivity index (χ2n) is 10.0. The summed E-state index contributed by atoms with van der Waals surface area (Å²) in [7, 11) is 3.97. The van der Waals surface area contributed by atoms with Crippen molar-refractivity contribution in [3.63, 3.8) is 0 Å². The number of nitrogens with zero attached hydrogens (tertiary/aromatic N) is 4. The summed E-state index contributed by atoms with van der Waals surface area (Å²) in [6.45, 7) is 3.85. The molecule has 4 rings (SSSR count). The lowest BCUT2D eigenvalue weighted by molar-refractivity contribution is -0.131. The number of hydrogen-bond donors (Lipinski definition) is 1. The van der Waals surface area contributed by atoms with Gasteiger partial charge in [0.2, 0.25) is 11.8 Å². The summed E-state index contributed by atoms with van der Waals surface area (Å²) in [5.41, 5.74) is 3.36. The van der Waals surface area contributed by atoms with Crippen LogP contribution in [0.4, 0.5) is 5.13 Å². The van der Waals surface area contributed by atoms with Crippen molar-refractivity contribution in [2.75, 3.05) is 39.0 Å². The molecule has 1 aliphatic rings. The van der Waals surface area contributed by atoms with Gasteiger partial charge in [-0.05, 0) is 51.6 Å². The van der Waals surface area contributed by atoms with E-state index in [2.05, 4.69) is 15.2 Å². The zero-order valence-electron chi connectivity index (χ0n) is 22.2. The molecule has 0 saturated heterocycles. The Balaban J connectivity index is 1.34. The van der Waals surface area contributed by atoms with Gasteiger partial charge in [0.25, 0.3) is 5.91 Å². The molecule has 1 aromatic heterocycles. The molecule has 1 N–H and O–H groups in total. The molecule has 0 spiro atoms. The molecule has 9 heteroatoms. The minimum Gasteiger partial charge on any atom is -0.337 e. The van der Waals surface area contributed by atoms with Crippen LogP contribution in [0.2, 0.25) is 0 Å². The summed E-state index contributed by atoms with van der Waals surface area (Å²) in [4.78, 5) is 49.0. The molecule has 8 nitrogen and oxygen atoms in total. The lowest BCUT2D eigenvalue weighted by atomic mass is 10.1. The molecule has 3 amide bonds. The van der Waals surface area contributed by atoms with E-state index >= 15 is 0 Å². The van der Waals surface area contributed by atoms with Crippen LogP contribution in [0.25, 0.3) is 0 Å². The van der Waals surface area contributed by atoms with Crippen molar-refractivity contribution < 1.29 is 14.4 Å². The summed E-state index contributed by atoms with van der Waals surface area (Å²) >= 11 is 1.29. The molecule has 38 heavy (non-hydrogen) atoms. The number of aryl methyl sites for hydroxylation is 1. The second kappa shape index (κ2) is 12.8. The number of nitrogens with one attached hydrogen (secondary N) is 1. The van der Waals surface area contributed by atoms with Crippen LogP contribution in [0.3, 0.4) is 0 Å². The minimum absolute atomic E-state index is 0.0116. The maximum atomic E-state index is 13.2. The van der Waals surface area contributed by atoms with Crippen LogP contribution in [0.5, 0.6) is 0 Å². The predicted octanol–water partition coefficient (Wildman–Crippen LogP) is 3.83. The summed E-state index contributed by atoms with van der Waals surface area (Å²) in [6.07, 6.45) is 1.97. The molecule has 0 aliphatic heterocycles. The number of hydrogen-bond acceptors (Lipinski definition) is 6. The first-order valence-electron chi connectivity index (χ1n) is 12.9. The Morgan fingerprint density at radius 1 is 1.00 bits per heavy atom. The molecule has 200 valence electrons. The number of benzene rings is 2. The number of rotatable bonds is 12. The van der Waals surface area contributed by atoms with Crippen molar-refractivity contribution >= 4 is 34.2 Å². The van der Waals surface area contributed by atoms with Crippen molar-refractivity contribution in [2.24, 2.45) is 0 Å². The van der Waals surface area contributed by atoms with Crippen molar-refractivity contribution in [1.29, 1.82) is 0 Å². The number of carbonyl (C=O) groups excluding carboxylic acids is 3. The third kappa shape index (κ3) is 7.97. The average molecular weight is 534 g/mol. The predicted molar refractivity (Wildman–Crippen MR) is 150 cm³/mol. The normalized spacial score (nSPS) is 12.8. The number of amides is 3. The summed E-state index contributed by atoms with van der Waals surface area (Å²) in [5.74, 6) is -0.437. The van der Waals surface area contributed by atoms with Gasteiger partial charge in [0, 0.05) is 36.6 Å². The van der Waals surface area contributed by atoms with E-state index in [9.17, 15) is 14.4 Å². The van der Waals surface area contributed by atoms with E-state index < -0.39 is 0 Å². The highest BCUT2D eigenvalue weighted by atomic mass is 32.1. The molecule has 2 aromatic carbocycles. The smallest absolute Gasteiger partial charge is 0.254 e. The fourth-order valence-electron chi connectivity index (χ4n) is 4.06. The molecule has 0 bridgehead atoms. The fourth-order valence-corrected chi connectivity index (χ4v) is 4.78. The number of likely N-dealkylation sites (N-methyl/N-ethyl adjacent to an activating group) is 1. The van der Waals surface area contributed by atoms with Crippen molar-refractivity contribution in [2.45, 2.75) is 38.8 Å². The zero-order valence-corrected chi connectivity index (χ0v) is 23.0. The van der Waals surface area contributed by atoms with Crippen LogP contribution in [0, 0.1) is 6.92 Å². The average Bonchev–Trinajstić information content (AvgIpc) is 3.65. The second-order valence-corrected chi connectivity index (χ2v) is 10.9. The van der Waals surface area contributed by atoms with Gasteiger partial charge in [-0.1, -0.05) is 48.0 Å². The van der Waals surface area contributed by atoms with Gasteiger partial charge in [-0.15, -0.1) is 11.3 Å². The molecule has 0 radical (unpaired) electrons. The lowest BCUT2D eigenvalue weighted by Crippen LogP contribution is -2.39. The Morgan fingerprint density at radius 3 is 2.37 bits per heavy atom. The molecular weight excluding hydrogens is 498 g/mol. The number of thiazole rings is 1. The molecule has 1 fully saturated rings. The maximum Gasteiger partial charge on any atom is 0.254 e. The van der Waals surface area contributed by atoms with Crippen molar-refractivity contribution in [1.82, 2.24) is 19.7 Å². The Hall–Kier alpha value is -3.56. The first-order valence-corrected chi connectivity index (χ1v) is 13.7. The van der Waals surface area contributed by atoms with Gasteiger partial charge in [-0.3, -0.25) is 14.4 Å². The summed E-state index contributed by atoms with van der Waals surface area (Å²) in [5, 5.41) is 5.05. The molecule has 1 saturated carbocycles. The number of aromatic nitrogens is 1. The van der Waals surface area contributed by atoms with Gasteiger partial charge < -0.3 is 20.0 Å². The Kier molecular flexibility index (Phi) is 9.25. The van der Waals surface area contributed by atoms with Gasteiger partial charge >= 0.3 is 0 Å². The van der Waals surface area contributed by atoms with Crippen LogP contribution in [-0.4, -0.2) is 77.2 Å². The van der Waals surface area contributed by atoms with E-state index in [1.54, 1.807) is 22.4 Å². The maximum absolute atomic E-state index is 13.2. The Bertz CT molecular complexity index is 1240. The highest BCUT2D eigenvalue weighted by molar-refractivity contribution is 7.13. The topological polar surface area (TPSA) is 85.8 Å². The first kappa shape index (κ1) is 27.5. The summed E-state index contributed by atoms with van der Waals surface area (Å²) in [6, 6.07) is 17.4. The highest BCUT2D eigenvalue weighted by Crippen LogP contribution is 2.28. The number of anilines is 1. The largest absolute Gasteiger partial charge is 0.337 e. The van der Waals surface area contributed by atoms with Crippen LogP contribution < -0.4 is 5.32 Å². The monoisotopic (exact) mass is 533 g/mol. The van der Waals surface area contributed by atoms with E-state index in [1.165, 1.54) is 11.3 Å². The zero-order chi connectivity index (χ0) is 27.1. The molecule has 0 unspecified atom stereocenters. The van der Waals surface area contributed by atoms with Gasteiger partial charge in [-0.2, -0.15) is 0 Å². The van der Waals surface area contributed by atoms with Gasteiger partial charge in [0.1, 0.15) is 6.54 Å². The Morgan fingerprint density at radius 2 is 1.71 bits per heavy atom. The Labute approximate surface area is 228 Å². The summed E-state index contributed by atoms with van der Waals surface area (Å²) < 4.78 is 0. The van der Waals surface area contributed by atoms with E-state index in [1.807, 2.05) is 68.4 Å². The van der Waals surface area contributed by atoms with Gasteiger partial charge in [-0.25, -0.2) is 4.98 Å². The fraction of sp³-hybridized carbons (Fsp3) is 0.379. The van der Waals surface area contributed by atoms with Crippen LogP contribution in [0.1, 0.15) is 40.0 Å². The standard InChI is InChI=1S/C29H35N5O3S/c1-21-9-11-23(12-10-21)28(37)34(25-13-14-25)19-26(35)31-29-30-24(20-38-29)17-27(36)33(16-15-32(2)3)18-22-7-5-4-6-8-22/h4-12,20,25H,13-19H2,1-3H3,(H,30,31,35). The van der Waals surface area contributed by atoms with Crippen molar-refractivity contribution in [3.8, 4) is 0 Å². The van der Waals surface area contributed by atoms with Gasteiger partial charge in [0.15, 0.2) is 5.13 Å². The van der Waals surface area contributed by atoms with E-state index in [0.29, 0.717) is 29.5 Å². The van der Waals surface area contributed by atoms with Crippen LogP contribution in [0.15, 0.2) is 60.0 Å². The highest BCUT2D eigenvalue weighted by Gasteiger charge is 2.34. The van der Waals surface area contributed by atoms with E-state index in [4.69, 9.17) is 0 Å². The SMILES string of the molecule is Cc1ccc(C(=O)N(CC(=O)Nc2nc(CC(=O)N(CCN(C)C)Cc3ccccc3)cs2)C2CC2)cc1. The third-order valence-electron chi connectivity index (χ3n) is 6.38. The van der Waals surface area contributed by atoms with Crippen molar-refractivity contribution in [3.05, 3.63) is 82.4 Å². The molecule has 1 aliphatic carbocycles. The molecule has 3 aromatic rings. The molecular formula is C29H35N5O3S. The number of carbonyl (C=O) groups is 3. The molecule has 1 heterocycles. The lowest BCUT2D eigenvalue weighted by Gasteiger charge is -2.24. The molecule has 0 atom stereocenters. The van der Waals surface area contributed by atoms with Crippen LogP contribution in [-0.2, 0) is 22.6 Å². The third-order valence-corrected chi connectivity index (χ3v) is 7.18.